The molecule has 0 aromatic carbocycles. The molecule has 0 atom stereocenters. The molecule has 10 heavy (non-hydrogen) atoms. The Morgan fingerprint density at radius 1 is 1.50 bits per heavy atom. The van der Waals surface area contributed by atoms with Crippen LogP contribution in [0, 0.1) is 12.3 Å². The maximum Gasteiger partial charge on any atom is 0.133 e. The summed E-state index contributed by atoms with van der Waals surface area (Å²) in [6, 6.07) is 0. The molecular weight excluding hydrogens is 128 g/mol. The molecule has 0 fully saturated rings. The van der Waals surface area contributed by atoms with Gasteiger partial charge in [0, 0.05) is 25.9 Å². The van der Waals surface area contributed by atoms with E-state index in [0.717, 1.165) is 0 Å². The predicted octanol–water partition coefficient (Wildman–Crippen LogP) is 0.741. The molecule has 0 aliphatic carbocycles. The Balaban J connectivity index is 3.19. The molecule has 0 unspecified atom stereocenters. The third-order valence-electron chi connectivity index (χ3n) is 1.16. The summed E-state index contributed by atoms with van der Waals surface area (Å²) in [6.07, 6.45) is 6.94. The van der Waals surface area contributed by atoms with E-state index >= 15 is 0 Å². The number of carbonyl (C=O) groups excluding carboxylic acids is 1. The lowest BCUT2D eigenvalue weighted by Crippen LogP contribution is -1.98. The third kappa shape index (κ3) is 5.33. The minimum absolute atomic E-state index is 0.0851. The molecule has 0 radical (unpaired) electrons. The molecule has 0 aliphatic rings. The molecule has 0 rings (SSSR count). The molecule has 0 aromatic rings. The maximum absolute atomic E-state index is 10.8. The number of aliphatic hydroxyl groups is 1. The molecular formula is C8H12O2. The molecule has 2 nitrogen and oxygen atoms in total. The fourth-order valence-corrected chi connectivity index (χ4v) is 0.613. The molecule has 1 N–H and O–H groups in total. The number of Topliss-reactive ketones (excluding diaryl/α,β-unsaturated/α-hetero) is 1. The van der Waals surface area contributed by atoms with Crippen molar-refractivity contribution < 1.29 is 9.90 Å². The number of rotatable bonds is 5. The van der Waals surface area contributed by atoms with E-state index in [1.807, 2.05) is 0 Å². The SMILES string of the molecule is C#CCCC(=O)CCCO. The number of hydrogen-bond acceptors (Lipinski definition) is 2. The zero-order valence-electron chi connectivity index (χ0n) is 5.97. The largest absolute Gasteiger partial charge is 0.396 e. The normalized spacial score (nSPS) is 8.80. The van der Waals surface area contributed by atoms with Gasteiger partial charge >= 0.3 is 0 Å². The number of ketones is 1. The standard InChI is InChI=1S/C8H12O2/c1-2-3-5-8(10)6-4-7-9/h1,9H,3-7H2. The van der Waals surface area contributed by atoms with Crippen LogP contribution in [0.25, 0.3) is 0 Å². The summed E-state index contributed by atoms with van der Waals surface area (Å²) >= 11 is 0. The molecule has 0 aromatic heterocycles. The van der Waals surface area contributed by atoms with Crippen LogP contribution in [0.2, 0.25) is 0 Å². The van der Waals surface area contributed by atoms with Crippen molar-refractivity contribution in [2.75, 3.05) is 6.61 Å². The van der Waals surface area contributed by atoms with E-state index < -0.39 is 0 Å². The molecule has 0 saturated heterocycles. The summed E-state index contributed by atoms with van der Waals surface area (Å²) in [5.41, 5.74) is 0. The van der Waals surface area contributed by atoms with Crippen LogP contribution in [0.3, 0.4) is 0 Å². The van der Waals surface area contributed by atoms with Crippen molar-refractivity contribution in [2.24, 2.45) is 0 Å². The number of aliphatic hydroxyl groups excluding tert-OH is 1. The van der Waals surface area contributed by atoms with Crippen LogP contribution in [0.4, 0.5) is 0 Å². The minimum Gasteiger partial charge on any atom is -0.396 e. The van der Waals surface area contributed by atoms with Gasteiger partial charge in [0.2, 0.25) is 0 Å². The first-order valence-electron chi connectivity index (χ1n) is 3.37. The summed E-state index contributed by atoms with van der Waals surface area (Å²) < 4.78 is 0. The highest BCUT2D eigenvalue weighted by molar-refractivity contribution is 5.78. The summed E-state index contributed by atoms with van der Waals surface area (Å²) in [5.74, 6) is 2.54. The summed E-state index contributed by atoms with van der Waals surface area (Å²) in [5, 5.41) is 8.35. The van der Waals surface area contributed by atoms with Crippen LogP contribution < -0.4 is 0 Å². The second kappa shape index (κ2) is 6.31. The smallest absolute Gasteiger partial charge is 0.133 e. The highest BCUT2D eigenvalue weighted by Gasteiger charge is 1.98. The number of terminal acetylenes is 1. The van der Waals surface area contributed by atoms with Gasteiger partial charge in [-0.2, -0.15) is 0 Å². The van der Waals surface area contributed by atoms with E-state index in [-0.39, 0.29) is 12.4 Å². The molecule has 0 bridgehead atoms. The van der Waals surface area contributed by atoms with E-state index in [0.29, 0.717) is 25.7 Å². The van der Waals surface area contributed by atoms with Gasteiger partial charge in [-0.25, -0.2) is 0 Å². The van der Waals surface area contributed by atoms with Gasteiger partial charge in [0.1, 0.15) is 5.78 Å². The van der Waals surface area contributed by atoms with Gasteiger partial charge in [-0.3, -0.25) is 4.79 Å². The van der Waals surface area contributed by atoms with Crippen molar-refractivity contribution in [2.45, 2.75) is 25.7 Å². The lowest BCUT2D eigenvalue weighted by atomic mass is 10.1. The summed E-state index contributed by atoms with van der Waals surface area (Å²) in [4.78, 5) is 10.8. The second-order valence-electron chi connectivity index (χ2n) is 2.07. The van der Waals surface area contributed by atoms with Crippen molar-refractivity contribution in [3.8, 4) is 12.3 Å². The van der Waals surface area contributed by atoms with Gasteiger partial charge in [-0.05, 0) is 6.42 Å². The average molecular weight is 140 g/mol. The Morgan fingerprint density at radius 2 is 2.20 bits per heavy atom. The number of carbonyl (C=O) groups is 1. The lowest BCUT2D eigenvalue weighted by molar-refractivity contribution is -0.119. The summed E-state index contributed by atoms with van der Waals surface area (Å²) in [6.45, 7) is 0.0851. The van der Waals surface area contributed by atoms with Crippen molar-refractivity contribution in [1.29, 1.82) is 0 Å². The van der Waals surface area contributed by atoms with Crippen LogP contribution >= 0.6 is 0 Å². The van der Waals surface area contributed by atoms with Crippen molar-refractivity contribution in [1.82, 2.24) is 0 Å². The van der Waals surface area contributed by atoms with Crippen LogP contribution in [0.1, 0.15) is 25.7 Å². The van der Waals surface area contributed by atoms with Crippen LogP contribution in [0.5, 0.6) is 0 Å². The minimum atomic E-state index is 0.0851. The zero-order valence-corrected chi connectivity index (χ0v) is 5.97. The average Bonchev–Trinajstić information content (AvgIpc) is 1.97. The maximum atomic E-state index is 10.8. The monoisotopic (exact) mass is 140 g/mol. The van der Waals surface area contributed by atoms with Crippen molar-refractivity contribution in [3.05, 3.63) is 0 Å². The van der Waals surface area contributed by atoms with E-state index in [2.05, 4.69) is 5.92 Å². The van der Waals surface area contributed by atoms with E-state index in [4.69, 9.17) is 11.5 Å². The Hall–Kier alpha value is -0.810. The van der Waals surface area contributed by atoms with E-state index in [1.54, 1.807) is 0 Å². The van der Waals surface area contributed by atoms with Crippen molar-refractivity contribution >= 4 is 5.78 Å². The molecule has 0 aliphatic heterocycles. The molecule has 2 heteroatoms. The van der Waals surface area contributed by atoms with E-state index in [1.165, 1.54) is 0 Å². The Morgan fingerprint density at radius 3 is 2.70 bits per heavy atom. The quantitative estimate of drug-likeness (QED) is 0.572. The first-order chi connectivity index (χ1) is 4.81. The Labute approximate surface area is 61.2 Å². The highest BCUT2D eigenvalue weighted by atomic mass is 16.3. The van der Waals surface area contributed by atoms with Gasteiger partial charge in [-0.1, -0.05) is 0 Å². The summed E-state index contributed by atoms with van der Waals surface area (Å²) in [7, 11) is 0. The molecule has 0 heterocycles. The first kappa shape index (κ1) is 9.19. The molecule has 56 valence electrons. The zero-order chi connectivity index (χ0) is 7.82. The Bertz CT molecular complexity index is 133. The second-order valence-corrected chi connectivity index (χ2v) is 2.07. The highest BCUT2D eigenvalue weighted by Crippen LogP contribution is 1.96. The van der Waals surface area contributed by atoms with Gasteiger partial charge < -0.3 is 5.11 Å². The van der Waals surface area contributed by atoms with Gasteiger partial charge in [0.15, 0.2) is 0 Å². The van der Waals surface area contributed by atoms with Crippen LogP contribution in [0.15, 0.2) is 0 Å². The number of hydrogen-bond donors (Lipinski definition) is 1. The third-order valence-corrected chi connectivity index (χ3v) is 1.16. The van der Waals surface area contributed by atoms with Crippen LogP contribution in [-0.2, 0) is 4.79 Å². The van der Waals surface area contributed by atoms with Gasteiger partial charge in [0.05, 0.1) is 0 Å². The molecule has 0 amide bonds. The van der Waals surface area contributed by atoms with E-state index in [9.17, 15) is 4.79 Å². The predicted molar refractivity (Wildman–Crippen MR) is 39.4 cm³/mol. The lowest BCUT2D eigenvalue weighted by Gasteiger charge is -1.93. The van der Waals surface area contributed by atoms with Gasteiger partial charge in [-0.15, -0.1) is 12.3 Å². The fourth-order valence-electron chi connectivity index (χ4n) is 0.613. The molecule has 0 saturated carbocycles. The van der Waals surface area contributed by atoms with Crippen molar-refractivity contribution in [3.63, 3.8) is 0 Å². The fraction of sp³-hybridized carbons (Fsp3) is 0.625. The van der Waals surface area contributed by atoms with Gasteiger partial charge in [0.25, 0.3) is 0 Å². The van der Waals surface area contributed by atoms with Crippen LogP contribution in [-0.4, -0.2) is 17.5 Å². The molecule has 0 spiro atoms. The topological polar surface area (TPSA) is 37.3 Å². The first-order valence-corrected chi connectivity index (χ1v) is 3.37. The Kier molecular flexibility index (Phi) is 5.80.